The highest BCUT2D eigenvalue weighted by atomic mass is 32.1. The second kappa shape index (κ2) is 8.25. The van der Waals surface area contributed by atoms with E-state index in [1.807, 2.05) is 6.92 Å². The van der Waals surface area contributed by atoms with Gasteiger partial charge in [-0.25, -0.2) is 0 Å². The van der Waals surface area contributed by atoms with Crippen molar-refractivity contribution in [1.29, 1.82) is 0 Å². The van der Waals surface area contributed by atoms with Gasteiger partial charge in [0.1, 0.15) is 0 Å². The zero-order valence-electron chi connectivity index (χ0n) is 17.2. The minimum atomic E-state index is -0.0392. The molecule has 1 amide bonds. The molecule has 1 fully saturated rings. The fourth-order valence-corrected chi connectivity index (χ4v) is 5.50. The third-order valence-electron chi connectivity index (χ3n) is 6.08. The van der Waals surface area contributed by atoms with Gasteiger partial charge in [-0.15, -0.1) is 11.3 Å². The predicted molar refractivity (Wildman–Crippen MR) is 123 cm³/mol. The summed E-state index contributed by atoms with van der Waals surface area (Å²) in [6, 6.07) is 19.1. The van der Waals surface area contributed by atoms with Crippen LogP contribution in [0.25, 0.3) is 10.4 Å². The average Bonchev–Trinajstić information content (AvgIpc) is 3.25. The number of carbonyl (C=O) groups excluding carboxylic acids is 1. The molecule has 5 heteroatoms. The normalized spacial score (nSPS) is 16.5. The van der Waals surface area contributed by atoms with Gasteiger partial charge in [0.05, 0.1) is 24.1 Å². The number of aryl methyl sites for hydroxylation is 2. The molecule has 30 heavy (non-hydrogen) atoms. The van der Waals surface area contributed by atoms with Gasteiger partial charge in [0.15, 0.2) is 0 Å². The predicted octanol–water partition coefficient (Wildman–Crippen LogP) is 4.84. The molecule has 0 radical (unpaired) electrons. The lowest BCUT2D eigenvalue weighted by Gasteiger charge is -2.29. The van der Waals surface area contributed by atoms with Crippen molar-refractivity contribution in [3.05, 3.63) is 76.2 Å². The molecule has 1 saturated heterocycles. The van der Waals surface area contributed by atoms with E-state index in [-0.39, 0.29) is 11.9 Å². The standard InChI is InChI=1S/C25H26N2O2S/c1-17(18-8-10-21(11-9-18)27-12-14-29-15-13-27)26-25(28)23-16-20-7-6-19-4-2-3-5-22(19)24(20)30-23/h2-5,8-11,16-17H,6-7,12-15H2,1H3,(H,26,28). The molecule has 0 bridgehead atoms. The summed E-state index contributed by atoms with van der Waals surface area (Å²) in [5.74, 6) is 0.0108. The summed E-state index contributed by atoms with van der Waals surface area (Å²) in [4.78, 5) is 17.3. The van der Waals surface area contributed by atoms with E-state index in [9.17, 15) is 4.79 Å². The van der Waals surface area contributed by atoms with Crippen molar-refractivity contribution in [3.8, 4) is 10.4 Å². The van der Waals surface area contributed by atoms with Crippen LogP contribution in [-0.4, -0.2) is 32.2 Å². The molecule has 1 atom stereocenters. The number of benzene rings is 2. The molecule has 2 aliphatic rings. The van der Waals surface area contributed by atoms with Gasteiger partial charge in [-0.05, 0) is 60.2 Å². The minimum absolute atomic E-state index is 0.0108. The maximum Gasteiger partial charge on any atom is 0.261 e. The second-order valence-electron chi connectivity index (χ2n) is 8.01. The van der Waals surface area contributed by atoms with E-state index in [4.69, 9.17) is 4.74 Å². The van der Waals surface area contributed by atoms with Gasteiger partial charge in [0.25, 0.3) is 5.91 Å². The molecular weight excluding hydrogens is 392 g/mol. The van der Waals surface area contributed by atoms with Crippen molar-refractivity contribution < 1.29 is 9.53 Å². The van der Waals surface area contributed by atoms with E-state index < -0.39 is 0 Å². The molecule has 0 saturated carbocycles. The van der Waals surface area contributed by atoms with Crippen LogP contribution in [0.4, 0.5) is 5.69 Å². The Morgan fingerprint density at radius 2 is 1.77 bits per heavy atom. The number of morpholine rings is 1. The van der Waals surface area contributed by atoms with E-state index in [0.29, 0.717) is 0 Å². The second-order valence-corrected chi connectivity index (χ2v) is 9.06. The molecular formula is C25H26N2O2S. The number of carbonyl (C=O) groups is 1. The summed E-state index contributed by atoms with van der Waals surface area (Å²) in [7, 11) is 0. The summed E-state index contributed by atoms with van der Waals surface area (Å²) in [5.41, 5.74) is 6.30. The van der Waals surface area contributed by atoms with Gasteiger partial charge in [-0.2, -0.15) is 0 Å². The van der Waals surface area contributed by atoms with E-state index in [1.54, 1.807) is 11.3 Å². The van der Waals surface area contributed by atoms with Crippen LogP contribution in [0.1, 0.15) is 39.3 Å². The third-order valence-corrected chi connectivity index (χ3v) is 7.28. The molecule has 1 aliphatic carbocycles. The number of anilines is 1. The Hall–Kier alpha value is -2.63. The van der Waals surface area contributed by atoms with Gasteiger partial charge in [0.2, 0.25) is 0 Å². The minimum Gasteiger partial charge on any atom is -0.378 e. The molecule has 1 aliphatic heterocycles. The van der Waals surface area contributed by atoms with Gasteiger partial charge in [-0.1, -0.05) is 36.4 Å². The molecule has 1 unspecified atom stereocenters. The third kappa shape index (κ3) is 3.75. The highest BCUT2D eigenvalue weighted by Gasteiger charge is 2.22. The smallest absolute Gasteiger partial charge is 0.261 e. The van der Waals surface area contributed by atoms with Crippen LogP contribution in [0.5, 0.6) is 0 Å². The zero-order valence-corrected chi connectivity index (χ0v) is 18.0. The number of thiophene rings is 1. The Morgan fingerprint density at radius 1 is 1.03 bits per heavy atom. The fraction of sp³-hybridized carbons (Fsp3) is 0.320. The lowest BCUT2D eigenvalue weighted by molar-refractivity contribution is 0.0944. The van der Waals surface area contributed by atoms with Gasteiger partial charge in [-0.3, -0.25) is 4.79 Å². The van der Waals surface area contributed by atoms with Crippen molar-refractivity contribution in [3.63, 3.8) is 0 Å². The Morgan fingerprint density at radius 3 is 2.57 bits per heavy atom. The maximum absolute atomic E-state index is 12.9. The molecule has 1 N–H and O–H groups in total. The van der Waals surface area contributed by atoms with Crippen LogP contribution in [0.2, 0.25) is 0 Å². The molecule has 3 aromatic rings. The van der Waals surface area contributed by atoms with Crippen molar-refractivity contribution in [2.45, 2.75) is 25.8 Å². The first-order valence-electron chi connectivity index (χ1n) is 10.6. The van der Waals surface area contributed by atoms with E-state index >= 15 is 0 Å². The lowest BCUT2D eigenvalue weighted by atomic mass is 9.91. The maximum atomic E-state index is 12.9. The largest absolute Gasteiger partial charge is 0.378 e. The highest BCUT2D eigenvalue weighted by molar-refractivity contribution is 7.17. The number of hydrogen-bond donors (Lipinski definition) is 1. The monoisotopic (exact) mass is 418 g/mol. The van der Waals surface area contributed by atoms with E-state index in [2.05, 4.69) is 64.8 Å². The number of nitrogens with one attached hydrogen (secondary N) is 1. The quantitative estimate of drug-likeness (QED) is 0.659. The molecule has 2 heterocycles. The van der Waals surface area contributed by atoms with E-state index in [0.717, 1.165) is 49.6 Å². The van der Waals surface area contributed by atoms with Gasteiger partial charge < -0.3 is 15.0 Å². The summed E-state index contributed by atoms with van der Waals surface area (Å²) in [5, 5.41) is 3.18. The van der Waals surface area contributed by atoms with Crippen LogP contribution in [-0.2, 0) is 17.6 Å². The Balaban J connectivity index is 1.28. The zero-order chi connectivity index (χ0) is 20.5. The van der Waals surface area contributed by atoms with Gasteiger partial charge in [0, 0.05) is 23.7 Å². The molecule has 1 aromatic heterocycles. The van der Waals surface area contributed by atoms with Crippen LogP contribution >= 0.6 is 11.3 Å². The molecule has 4 nitrogen and oxygen atoms in total. The number of hydrogen-bond acceptors (Lipinski definition) is 4. The van der Waals surface area contributed by atoms with Crippen molar-refractivity contribution in [1.82, 2.24) is 5.32 Å². The highest BCUT2D eigenvalue weighted by Crippen LogP contribution is 2.39. The Labute approximate surface area is 181 Å². The first-order valence-corrected chi connectivity index (χ1v) is 11.5. The molecule has 154 valence electrons. The summed E-state index contributed by atoms with van der Waals surface area (Å²) in [6.45, 7) is 5.47. The van der Waals surface area contributed by atoms with Gasteiger partial charge >= 0.3 is 0 Å². The number of fused-ring (bicyclic) bond motifs is 3. The number of ether oxygens (including phenoxy) is 1. The number of nitrogens with zero attached hydrogens (tertiary/aromatic N) is 1. The Bertz CT molecular complexity index is 1050. The van der Waals surface area contributed by atoms with Crippen LogP contribution < -0.4 is 10.2 Å². The van der Waals surface area contributed by atoms with Crippen molar-refractivity contribution in [2.24, 2.45) is 0 Å². The first kappa shape index (κ1) is 19.3. The fourth-order valence-electron chi connectivity index (χ4n) is 4.33. The van der Waals surface area contributed by atoms with Crippen LogP contribution in [0, 0.1) is 0 Å². The first-order chi connectivity index (χ1) is 14.7. The summed E-state index contributed by atoms with van der Waals surface area (Å²) < 4.78 is 5.43. The van der Waals surface area contributed by atoms with Crippen LogP contribution in [0.3, 0.4) is 0 Å². The topological polar surface area (TPSA) is 41.6 Å². The van der Waals surface area contributed by atoms with E-state index in [1.165, 1.54) is 27.3 Å². The van der Waals surface area contributed by atoms with Crippen molar-refractivity contribution >= 4 is 22.9 Å². The Kier molecular flexibility index (Phi) is 5.32. The molecule has 5 rings (SSSR count). The molecule has 0 spiro atoms. The van der Waals surface area contributed by atoms with Crippen LogP contribution in [0.15, 0.2) is 54.6 Å². The van der Waals surface area contributed by atoms with Crippen molar-refractivity contribution in [2.75, 3.05) is 31.2 Å². The summed E-state index contributed by atoms with van der Waals surface area (Å²) >= 11 is 1.61. The lowest BCUT2D eigenvalue weighted by Crippen LogP contribution is -2.36. The number of rotatable bonds is 4. The SMILES string of the molecule is CC(NC(=O)c1cc2c(s1)-c1ccccc1CC2)c1ccc(N2CCOCC2)cc1. The summed E-state index contributed by atoms with van der Waals surface area (Å²) in [6.07, 6.45) is 2.06. The number of amides is 1. The average molecular weight is 419 g/mol. The molecule has 2 aromatic carbocycles.